The SMILES string of the molecule is CCCCCC/C=C\C=C/CCCCCCCC(=O)OC[C@H](COP(=O)(O)OC[C@@H](O)COP(=O)(O)OC[C@@H](COC(=O)CCCCCCC)OC(=O)CCCCCCCCCCC(C)C)OC(=O)CCCCCCCCCCCCCCCCCC. The maximum Gasteiger partial charge on any atom is 0.472 e. The van der Waals surface area contributed by atoms with E-state index in [0.29, 0.717) is 25.7 Å². The number of aliphatic hydroxyl groups is 1. The summed E-state index contributed by atoms with van der Waals surface area (Å²) in [5, 5.41) is 10.5. The van der Waals surface area contributed by atoms with E-state index in [-0.39, 0.29) is 25.7 Å². The van der Waals surface area contributed by atoms with Crippen LogP contribution in [0.4, 0.5) is 0 Å². The zero-order valence-corrected chi connectivity index (χ0v) is 57.4. The van der Waals surface area contributed by atoms with Crippen LogP contribution in [0.1, 0.15) is 324 Å². The molecule has 0 aliphatic heterocycles. The van der Waals surface area contributed by atoms with Gasteiger partial charge in [-0.15, -0.1) is 0 Å². The van der Waals surface area contributed by atoms with E-state index in [9.17, 15) is 43.2 Å². The van der Waals surface area contributed by atoms with Gasteiger partial charge < -0.3 is 33.8 Å². The molecule has 0 aromatic rings. The van der Waals surface area contributed by atoms with Crippen LogP contribution >= 0.6 is 15.6 Å². The standard InChI is InChI=1S/C68H128O17P2/c1-6-9-12-15-17-19-21-23-25-27-29-31-33-38-43-48-53-67(72)85-64(58-79-66(71)52-47-42-37-32-30-28-26-24-22-20-18-16-13-10-7-2)60-83-87(76,77)81-56-62(69)55-80-86(74,75)82-59-63(57-78-65(70)51-46-40-14-11-8-3)84-68(73)54-49-44-39-35-34-36-41-45-50-61(4)5/h20,22,24,26,61-64,69H,6-19,21,23,25,27-60H2,1-5H3,(H,74,75)(H,76,77)/b22-20-,26-24-/t62-,63+,64+/m0/s1. The van der Waals surface area contributed by atoms with Crippen LogP contribution in [0.15, 0.2) is 24.3 Å². The van der Waals surface area contributed by atoms with Gasteiger partial charge in [0.1, 0.15) is 19.3 Å². The molecule has 0 bridgehead atoms. The summed E-state index contributed by atoms with van der Waals surface area (Å²) in [7, 11) is -9.90. The maximum absolute atomic E-state index is 13.0. The Balaban J connectivity index is 5.20. The van der Waals surface area contributed by atoms with E-state index in [1.165, 1.54) is 122 Å². The smallest absolute Gasteiger partial charge is 0.462 e. The summed E-state index contributed by atoms with van der Waals surface area (Å²) < 4.78 is 67.9. The van der Waals surface area contributed by atoms with Gasteiger partial charge in [0.2, 0.25) is 0 Å². The number of unbranched alkanes of at least 4 members (excludes halogenated alkanes) is 35. The van der Waals surface area contributed by atoms with E-state index in [4.69, 9.17) is 37.0 Å². The van der Waals surface area contributed by atoms with Crippen molar-refractivity contribution in [3.8, 4) is 0 Å². The van der Waals surface area contributed by atoms with Crippen LogP contribution in [-0.2, 0) is 65.4 Å². The zero-order valence-electron chi connectivity index (χ0n) is 55.6. The quantitative estimate of drug-likeness (QED) is 0.0169. The normalized spacial score (nSPS) is 14.3. The van der Waals surface area contributed by atoms with E-state index in [0.717, 1.165) is 121 Å². The van der Waals surface area contributed by atoms with Gasteiger partial charge in [-0.05, 0) is 57.3 Å². The predicted molar refractivity (Wildman–Crippen MR) is 349 cm³/mol. The minimum absolute atomic E-state index is 0.101. The van der Waals surface area contributed by atoms with Crippen LogP contribution in [0.25, 0.3) is 0 Å². The van der Waals surface area contributed by atoms with Crippen molar-refractivity contribution >= 4 is 39.5 Å². The molecule has 0 saturated carbocycles. The number of phosphoric ester groups is 2. The van der Waals surface area contributed by atoms with Gasteiger partial charge in [-0.1, -0.05) is 271 Å². The first kappa shape index (κ1) is 84.5. The van der Waals surface area contributed by atoms with Crippen molar-refractivity contribution in [2.45, 2.75) is 342 Å². The van der Waals surface area contributed by atoms with Gasteiger partial charge in [-0.25, -0.2) is 9.13 Å². The third-order valence-corrected chi connectivity index (χ3v) is 17.1. The van der Waals surface area contributed by atoms with Crippen LogP contribution in [0.2, 0.25) is 0 Å². The monoisotopic (exact) mass is 1280 g/mol. The highest BCUT2D eigenvalue weighted by Crippen LogP contribution is 2.45. The number of carbonyl (C=O) groups excluding carboxylic acids is 4. The fraction of sp³-hybridized carbons (Fsp3) is 0.882. The highest BCUT2D eigenvalue weighted by atomic mass is 31.2. The zero-order chi connectivity index (χ0) is 64.2. The average molecular weight is 1280 g/mol. The van der Waals surface area contributed by atoms with E-state index >= 15 is 0 Å². The highest BCUT2D eigenvalue weighted by Gasteiger charge is 2.30. The van der Waals surface area contributed by atoms with E-state index in [1.807, 2.05) is 0 Å². The molecule has 0 heterocycles. The van der Waals surface area contributed by atoms with Crippen molar-refractivity contribution in [2.75, 3.05) is 39.6 Å². The first-order chi connectivity index (χ1) is 42.0. The molecule has 0 saturated heterocycles. The lowest BCUT2D eigenvalue weighted by Gasteiger charge is -2.21. The van der Waals surface area contributed by atoms with Gasteiger partial charge >= 0.3 is 39.5 Å². The molecule has 0 amide bonds. The molecule has 0 aliphatic carbocycles. The number of ether oxygens (including phenoxy) is 4. The van der Waals surface area contributed by atoms with Gasteiger partial charge in [0.05, 0.1) is 26.4 Å². The van der Waals surface area contributed by atoms with E-state index in [2.05, 4.69) is 58.9 Å². The third kappa shape index (κ3) is 62.1. The molecule has 2 unspecified atom stereocenters. The van der Waals surface area contributed by atoms with Crippen molar-refractivity contribution in [3.05, 3.63) is 24.3 Å². The van der Waals surface area contributed by atoms with Gasteiger partial charge in [-0.3, -0.25) is 37.3 Å². The summed E-state index contributed by atoms with van der Waals surface area (Å²) in [6, 6.07) is 0. The van der Waals surface area contributed by atoms with Crippen molar-refractivity contribution in [1.29, 1.82) is 0 Å². The molecule has 0 aliphatic rings. The van der Waals surface area contributed by atoms with Gasteiger partial charge in [-0.2, -0.15) is 0 Å². The molecule has 19 heteroatoms. The second-order valence-corrected chi connectivity index (χ2v) is 27.3. The molecule has 512 valence electrons. The summed E-state index contributed by atoms with van der Waals surface area (Å²) in [6.07, 6.45) is 49.8. The third-order valence-electron chi connectivity index (χ3n) is 15.2. The summed E-state index contributed by atoms with van der Waals surface area (Å²) >= 11 is 0. The van der Waals surface area contributed by atoms with Crippen molar-refractivity contribution in [3.63, 3.8) is 0 Å². The Labute approximate surface area is 529 Å². The molecule has 0 aromatic carbocycles. The summed E-state index contributed by atoms with van der Waals surface area (Å²) in [6.45, 7) is 7.03. The van der Waals surface area contributed by atoms with Crippen LogP contribution in [0, 0.1) is 5.92 Å². The molecule has 0 rings (SSSR count). The summed E-state index contributed by atoms with van der Waals surface area (Å²) in [4.78, 5) is 72.1. The number of hydrogen-bond donors (Lipinski definition) is 3. The van der Waals surface area contributed by atoms with E-state index < -0.39 is 97.5 Å². The number of allylic oxidation sites excluding steroid dienone is 4. The van der Waals surface area contributed by atoms with Crippen molar-refractivity contribution in [1.82, 2.24) is 0 Å². The van der Waals surface area contributed by atoms with E-state index in [1.54, 1.807) is 0 Å². The van der Waals surface area contributed by atoms with Crippen molar-refractivity contribution in [2.24, 2.45) is 5.92 Å². The molecule has 17 nitrogen and oxygen atoms in total. The number of phosphoric acid groups is 2. The Morgan fingerprint density at radius 1 is 0.356 bits per heavy atom. The summed E-state index contributed by atoms with van der Waals surface area (Å²) in [5.74, 6) is -1.45. The largest absolute Gasteiger partial charge is 0.472 e. The van der Waals surface area contributed by atoms with Crippen LogP contribution in [-0.4, -0.2) is 96.7 Å². The van der Waals surface area contributed by atoms with Crippen LogP contribution in [0.3, 0.4) is 0 Å². The second-order valence-electron chi connectivity index (χ2n) is 24.4. The first-order valence-corrected chi connectivity index (χ1v) is 37.9. The Morgan fingerprint density at radius 3 is 0.943 bits per heavy atom. The molecule has 87 heavy (non-hydrogen) atoms. The lowest BCUT2D eigenvalue weighted by atomic mass is 10.0. The van der Waals surface area contributed by atoms with Crippen LogP contribution in [0.5, 0.6) is 0 Å². The number of esters is 4. The Hall–Kier alpha value is -2.46. The minimum Gasteiger partial charge on any atom is -0.462 e. The number of rotatable bonds is 66. The number of hydrogen-bond acceptors (Lipinski definition) is 15. The lowest BCUT2D eigenvalue weighted by molar-refractivity contribution is -0.161. The summed E-state index contributed by atoms with van der Waals surface area (Å²) in [5.41, 5.74) is 0. The molecule has 5 atom stereocenters. The van der Waals surface area contributed by atoms with Crippen molar-refractivity contribution < 1.29 is 80.2 Å². The molecule has 0 spiro atoms. The lowest BCUT2D eigenvalue weighted by Crippen LogP contribution is -2.30. The maximum atomic E-state index is 13.0. The predicted octanol–water partition coefficient (Wildman–Crippen LogP) is 18.9. The molecule has 0 radical (unpaired) electrons. The Kier molecular flexibility index (Phi) is 59.3. The highest BCUT2D eigenvalue weighted by molar-refractivity contribution is 7.47. The second kappa shape index (κ2) is 61.1. The fourth-order valence-electron chi connectivity index (χ4n) is 9.75. The molecular weight excluding hydrogens is 1150 g/mol. The molecule has 0 aromatic heterocycles. The minimum atomic E-state index is -4.95. The number of carbonyl (C=O) groups is 4. The van der Waals surface area contributed by atoms with Gasteiger partial charge in [0.25, 0.3) is 0 Å². The van der Waals surface area contributed by atoms with Gasteiger partial charge in [0, 0.05) is 25.7 Å². The Bertz CT molecular complexity index is 1780. The Morgan fingerprint density at radius 2 is 0.621 bits per heavy atom. The first-order valence-electron chi connectivity index (χ1n) is 35.0. The van der Waals surface area contributed by atoms with Gasteiger partial charge in [0.15, 0.2) is 12.2 Å². The average Bonchev–Trinajstić information content (AvgIpc) is 3.70. The molecule has 0 fully saturated rings. The fourth-order valence-corrected chi connectivity index (χ4v) is 11.3. The van der Waals surface area contributed by atoms with Crippen LogP contribution < -0.4 is 0 Å². The molecule has 3 N–H and O–H groups in total. The number of aliphatic hydroxyl groups excluding tert-OH is 1. The topological polar surface area (TPSA) is 237 Å². The molecular formula is C68H128O17P2.